The number of epoxide rings is 1. The van der Waals surface area contributed by atoms with Crippen molar-refractivity contribution in [1.82, 2.24) is 0 Å². The molecule has 0 aromatic heterocycles. The zero-order valence-electron chi connectivity index (χ0n) is 4.39. The van der Waals surface area contributed by atoms with E-state index in [1.807, 2.05) is 0 Å². The molecule has 1 fully saturated rings. The number of ether oxygens (including phenoxy) is 1. The summed E-state index contributed by atoms with van der Waals surface area (Å²) in [5, 5.41) is 0. The smallest absolute Gasteiger partial charge is 0.0810 e. The van der Waals surface area contributed by atoms with Gasteiger partial charge < -0.3 is 10.5 Å². The van der Waals surface area contributed by atoms with Crippen molar-refractivity contribution in [2.24, 2.45) is 5.73 Å². The Morgan fingerprint density at radius 2 is 2.43 bits per heavy atom. The quantitative estimate of drug-likeness (QED) is 0.513. The van der Waals surface area contributed by atoms with Crippen LogP contribution < -0.4 is 5.73 Å². The highest BCUT2D eigenvalue weighted by atomic mass is 16.6. The van der Waals surface area contributed by atoms with Crippen LogP contribution in [0.25, 0.3) is 0 Å². The summed E-state index contributed by atoms with van der Waals surface area (Å²) < 4.78 is 4.96. The van der Waals surface area contributed by atoms with Crippen molar-refractivity contribution < 1.29 is 4.74 Å². The maximum Gasteiger partial charge on any atom is 0.0810 e. The van der Waals surface area contributed by atoms with Crippen molar-refractivity contribution in [2.75, 3.05) is 13.2 Å². The van der Waals surface area contributed by atoms with Crippen LogP contribution in [0.2, 0.25) is 0 Å². The lowest BCUT2D eigenvalue weighted by Gasteiger charge is -1.86. The Hall–Kier alpha value is -0.0800. The second-order valence-electron chi connectivity index (χ2n) is 1.89. The molecule has 0 aliphatic carbocycles. The Kier molecular flexibility index (Phi) is 1.65. The highest BCUT2D eigenvalue weighted by Crippen LogP contribution is 2.13. The van der Waals surface area contributed by atoms with Crippen molar-refractivity contribution in [3.8, 4) is 0 Å². The molecule has 1 atom stereocenters. The number of hydrogen-bond donors (Lipinski definition) is 1. The molecule has 0 radical (unpaired) electrons. The van der Waals surface area contributed by atoms with Gasteiger partial charge in [0.1, 0.15) is 0 Å². The minimum atomic E-state index is 0.573. The molecule has 1 aliphatic rings. The molecule has 0 amide bonds. The molecule has 2 nitrogen and oxygen atoms in total. The summed E-state index contributed by atoms with van der Waals surface area (Å²) in [6, 6.07) is 0. The topological polar surface area (TPSA) is 38.5 Å². The highest BCUT2D eigenvalue weighted by molar-refractivity contribution is 4.67. The predicted octanol–water partition coefficient (Wildman–Crippen LogP) is 0.124. The normalized spacial score (nSPS) is 27.9. The number of hydrogen-bond acceptors (Lipinski definition) is 2. The lowest BCUT2D eigenvalue weighted by Crippen LogP contribution is -1.99. The fourth-order valence-electron chi connectivity index (χ4n) is 0.580. The fourth-order valence-corrected chi connectivity index (χ4v) is 0.580. The maximum atomic E-state index is 5.25. The standard InChI is InChI=1S/C5H11NO/c6-3-1-2-5-4-7-5/h5H,1-4,6H2. The van der Waals surface area contributed by atoms with Gasteiger partial charge in [-0.25, -0.2) is 0 Å². The molecule has 0 bridgehead atoms. The molecular formula is C5H11NO. The van der Waals surface area contributed by atoms with Crippen LogP contribution >= 0.6 is 0 Å². The third-order valence-electron chi connectivity index (χ3n) is 1.13. The van der Waals surface area contributed by atoms with Crippen LogP contribution in [0.3, 0.4) is 0 Å². The van der Waals surface area contributed by atoms with E-state index in [1.54, 1.807) is 0 Å². The minimum Gasteiger partial charge on any atom is -0.373 e. The summed E-state index contributed by atoms with van der Waals surface area (Å²) in [6.07, 6.45) is 2.85. The summed E-state index contributed by atoms with van der Waals surface area (Å²) in [4.78, 5) is 0. The molecule has 1 aliphatic heterocycles. The first kappa shape index (κ1) is 5.06. The van der Waals surface area contributed by atoms with Gasteiger partial charge in [0.2, 0.25) is 0 Å². The van der Waals surface area contributed by atoms with E-state index in [4.69, 9.17) is 10.5 Å². The Morgan fingerprint density at radius 1 is 1.71 bits per heavy atom. The third kappa shape index (κ3) is 1.90. The molecule has 2 heteroatoms. The van der Waals surface area contributed by atoms with Crippen LogP contribution in [0.5, 0.6) is 0 Å². The van der Waals surface area contributed by atoms with Crippen LogP contribution in [0.1, 0.15) is 12.8 Å². The van der Waals surface area contributed by atoms with Gasteiger partial charge in [0.05, 0.1) is 12.7 Å². The first-order chi connectivity index (χ1) is 3.43. The van der Waals surface area contributed by atoms with Crippen molar-refractivity contribution >= 4 is 0 Å². The lowest BCUT2D eigenvalue weighted by molar-refractivity contribution is 0.393. The largest absolute Gasteiger partial charge is 0.373 e. The van der Waals surface area contributed by atoms with Crippen molar-refractivity contribution in [3.63, 3.8) is 0 Å². The summed E-state index contributed by atoms with van der Waals surface area (Å²) in [6.45, 7) is 1.78. The van der Waals surface area contributed by atoms with Gasteiger partial charge in [-0.05, 0) is 19.4 Å². The van der Waals surface area contributed by atoms with Crippen LogP contribution in [-0.4, -0.2) is 19.3 Å². The number of nitrogens with two attached hydrogens (primary N) is 1. The SMILES string of the molecule is NCCCC1CO1. The first-order valence-corrected chi connectivity index (χ1v) is 2.75. The van der Waals surface area contributed by atoms with Crippen molar-refractivity contribution in [1.29, 1.82) is 0 Å². The Labute approximate surface area is 43.6 Å². The van der Waals surface area contributed by atoms with Gasteiger partial charge in [0.15, 0.2) is 0 Å². The van der Waals surface area contributed by atoms with Gasteiger partial charge in [-0.3, -0.25) is 0 Å². The molecule has 42 valence electrons. The molecule has 0 saturated carbocycles. The Bertz CT molecular complexity index is 52.0. The van der Waals surface area contributed by atoms with E-state index in [0.717, 1.165) is 26.0 Å². The zero-order valence-corrected chi connectivity index (χ0v) is 4.39. The molecule has 1 saturated heterocycles. The Morgan fingerprint density at radius 3 is 2.86 bits per heavy atom. The second-order valence-corrected chi connectivity index (χ2v) is 1.89. The van der Waals surface area contributed by atoms with Gasteiger partial charge in [-0.2, -0.15) is 0 Å². The molecule has 7 heavy (non-hydrogen) atoms. The molecule has 0 spiro atoms. The van der Waals surface area contributed by atoms with E-state index >= 15 is 0 Å². The summed E-state index contributed by atoms with van der Waals surface area (Å²) >= 11 is 0. The zero-order chi connectivity index (χ0) is 5.11. The van der Waals surface area contributed by atoms with Crippen molar-refractivity contribution in [3.05, 3.63) is 0 Å². The summed E-state index contributed by atoms with van der Waals surface area (Å²) in [5.74, 6) is 0. The summed E-state index contributed by atoms with van der Waals surface area (Å²) in [7, 11) is 0. The van der Waals surface area contributed by atoms with E-state index in [-0.39, 0.29) is 0 Å². The molecule has 2 N–H and O–H groups in total. The molecule has 0 aromatic rings. The van der Waals surface area contributed by atoms with Crippen molar-refractivity contribution in [2.45, 2.75) is 18.9 Å². The lowest BCUT2D eigenvalue weighted by atomic mass is 10.2. The van der Waals surface area contributed by atoms with Gasteiger partial charge >= 0.3 is 0 Å². The van der Waals surface area contributed by atoms with Crippen LogP contribution in [0, 0.1) is 0 Å². The second kappa shape index (κ2) is 2.28. The Balaban J connectivity index is 1.80. The van der Waals surface area contributed by atoms with E-state index in [1.165, 1.54) is 0 Å². The minimum absolute atomic E-state index is 0.573. The molecule has 1 rings (SSSR count). The first-order valence-electron chi connectivity index (χ1n) is 2.75. The van der Waals surface area contributed by atoms with Gasteiger partial charge in [-0.15, -0.1) is 0 Å². The monoisotopic (exact) mass is 101 g/mol. The molecule has 0 aromatic carbocycles. The van der Waals surface area contributed by atoms with Gasteiger partial charge in [-0.1, -0.05) is 0 Å². The van der Waals surface area contributed by atoms with Crippen LogP contribution in [0.15, 0.2) is 0 Å². The molecular weight excluding hydrogens is 90.1 g/mol. The molecule has 1 heterocycles. The predicted molar refractivity (Wildman–Crippen MR) is 28.0 cm³/mol. The fraction of sp³-hybridized carbons (Fsp3) is 1.00. The van der Waals surface area contributed by atoms with Gasteiger partial charge in [0.25, 0.3) is 0 Å². The molecule has 1 unspecified atom stereocenters. The van der Waals surface area contributed by atoms with Crippen LogP contribution in [-0.2, 0) is 4.74 Å². The maximum absolute atomic E-state index is 5.25. The average molecular weight is 101 g/mol. The van der Waals surface area contributed by atoms with E-state index in [9.17, 15) is 0 Å². The third-order valence-corrected chi connectivity index (χ3v) is 1.13. The highest BCUT2D eigenvalue weighted by Gasteiger charge is 2.20. The number of rotatable bonds is 3. The average Bonchev–Trinajstić information content (AvgIpc) is 2.42. The van der Waals surface area contributed by atoms with E-state index in [2.05, 4.69) is 0 Å². The summed E-state index contributed by atoms with van der Waals surface area (Å²) in [5.41, 5.74) is 5.25. The van der Waals surface area contributed by atoms with E-state index < -0.39 is 0 Å². The van der Waals surface area contributed by atoms with Gasteiger partial charge in [0, 0.05) is 0 Å². The van der Waals surface area contributed by atoms with E-state index in [0.29, 0.717) is 6.10 Å². The van der Waals surface area contributed by atoms with Crippen LogP contribution in [0.4, 0.5) is 0 Å².